The first-order valence-electron chi connectivity index (χ1n) is 8.68. The third-order valence-electron chi connectivity index (χ3n) is 4.55. The predicted molar refractivity (Wildman–Crippen MR) is 89.6 cm³/mol. The van der Waals surface area contributed by atoms with Crippen LogP contribution >= 0.6 is 0 Å². The molecular formula is C17H22N6O2. The predicted octanol–water partition coefficient (Wildman–Crippen LogP) is 2.40. The number of aromatic nitrogens is 5. The lowest BCUT2D eigenvalue weighted by Crippen LogP contribution is -2.30. The summed E-state index contributed by atoms with van der Waals surface area (Å²) in [5.74, 6) is 4.28. The van der Waals surface area contributed by atoms with Crippen LogP contribution in [0.4, 0.5) is 0 Å². The van der Waals surface area contributed by atoms with Crippen molar-refractivity contribution in [2.45, 2.75) is 45.7 Å². The van der Waals surface area contributed by atoms with Gasteiger partial charge in [0, 0.05) is 25.4 Å². The van der Waals surface area contributed by atoms with Crippen molar-refractivity contribution in [1.29, 1.82) is 0 Å². The molecule has 4 rings (SSSR count). The number of rotatable bonds is 6. The molecule has 0 aromatic carbocycles. The van der Waals surface area contributed by atoms with Gasteiger partial charge in [-0.05, 0) is 18.4 Å². The molecular weight excluding hydrogens is 320 g/mol. The molecule has 0 saturated carbocycles. The third-order valence-corrected chi connectivity index (χ3v) is 4.55. The van der Waals surface area contributed by atoms with Gasteiger partial charge < -0.3 is 18.8 Å². The van der Waals surface area contributed by atoms with Crippen molar-refractivity contribution in [2.75, 3.05) is 6.54 Å². The van der Waals surface area contributed by atoms with E-state index < -0.39 is 0 Å². The minimum atomic E-state index is 0.396. The van der Waals surface area contributed by atoms with Crippen molar-refractivity contribution in [3.63, 3.8) is 0 Å². The van der Waals surface area contributed by atoms with Crippen molar-refractivity contribution in [3.8, 4) is 11.4 Å². The summed E-state index contributed by atoms with van der Waals surface area (Å²) in [4.78, 5) is 4.37. The maximum atomic E-state index is 5.28. The molecule has 8 heteroatoms. The number of nitrogens with zero attached hydrogens (tertiary/aromatic N) is 5. The fraction of sp³-hybridized carbons (Fsp3) is 0.529. The lowest BCUT2D eigenvalue weighted by molar-refractivity contribution is 0.322. The first kappa shape index (κ1) is 16.0. The quantitative estimate of drug-likeness (QED) is 0.735. The monoisotopic (exact) mass is 342 g/mol. The van der Waals surface area contributed by atoms with Crippen LogP contribution in [0.15, 0.2) is 27.5 Å². The molecule has 0 amide bonds. The minimum Gasteiger partial charge on any atom is -0.472 e. The van der Waals surface area contributed by atoms with Gasteiger partial charge in [-0.3, -0.25) is 0 Å². The van der Waals surface area contributed by atoms with Gasteiger partial charge >= 0.3 is 0 Å². The zero-order chi connectivity index (χ0) is 17.2. The third kappa shape index (κ3) is 3.34. The molecule has 1 aliphatic heterocycles. The fourth-order valence-corrected chi connectivity index (χ4v) is 3.23. The summed E-state index contributed by atoms with van der Waals surface area (Å²) >= 11 is 0. The van der Waals surface area contributed by atoms with Gasteiger partial charge in [-0.25, -0.2) is 0 Å². The summed E-state index contributed by atoms with van der Waals surface area (Å²) in [5, 5.41) is 16.1. The Morgan fingerprint density at radius 2 is 2.28 bits per heavy atom. The molecule has 0 fully saturated rings. The molecule has 0 radical (unpaired) electrons. The number of hydrogen-bond donors (Lipinski definition) is 1. The smallest absolute Gasteiger partial charge is 0.240 e. The summed E-state index contributed by atoms with van der Waals surface area (Å²) in [6.07, 6.45) is 5.30. The van der Waals surface area contributed by atoms with E-state index in [0.717, 1.165) is 43.1 Å². The highest BCUT2D eigenvalue weighted by molar-refractivity contribution is 5.51. The molecule has 0 spiro atoms. The van der Waals surface area contributed by atoms with E-state index in [1.54, 1.807) is 12.5 Å². The van der Waals surface area contributed by atoms with Crippen molar-refractivity contribution in [1.82, 2.24) is 30.2 Å². The van der Waals surface area contributed by atoms with E-state index in [-0.39, 0.29) is 0 Å². The minimum absolute atomic E-state index is 0.396. The Morgan fingerprint density at radius 3 is 3.08 bits per heavy atom. The number of nitrogens with one attached hydrogen (secondary N) is 1. The summed E-state index contributed by atoms with van der Waals surface area (Å²) in [5.41, 5.74) is 0.823. The van der Waals surface area contributed by atoms with Crippen LogP contribution in [0, 0.1) is 5.92 Å². The normalized spacial score (nSPS) is 17.2. The van der Waals surface area contributed by atoms with Gasteiger partial charge in [0.05, 0.1) is 18.4 Å². The summed E-state index contributed by atoms with van der Waals surface area (Å²) in [7, 11) is 0. The maximum absolute atomic E-state index is 5.28. The molecule has 1 aliphatic rings. The zero-order valence-corrected chi connectivity index (χ0v) is 14.5. The topological polar surface area (TPSA) is 94.8 Å². The van der Waals surface area contributed by atoms with Crippen molar-refractivity contribution < 1.29 is 8.94 Å². The van der Waals surface area contributed by atoms with Crippen LogP contribution in [0.25, 0.3) is 11.4 Å². The van der Waals surface area contributed by atoms with Crippen LogP contribution in [0.1, 0.15) is 43.7 Å². The standard InChI is InChI=1S/C17H22N6O2/c1-11(2)17-21-20-14-4-3-12(9-23(14)17)7-18-8-15-19-16(22-25-15)13-5-6-24-10-13/h5-6,10-12,18H,3-4,7-9H2,1-2H3. The van der Waals surface area contributed by atoms with E-state index in [1.165, 1.54) is 0 Å². The second-order valence-electron chi connectivity index (χ2n) is 6.80. The lowest BCUT2D eigenvalue weighted by atomic mass is 9.98. The van der Waals surface area contributed by atoms with Gasteiger partial charge in [0.15, 0.2) is 0 Å². The number of hydrogen-bond acceptors (Lipinski definition) is 7. The Labute approximate surface area is 145 Å². The first-order valence-corrected chi connectivity index (χ1v) is 8.68. The molecule has 3 aromatic rings. The molecule has 0 bridgehead atoms. The van der Waals surface area contributed by atoms with Crippen LogP contribution in [0.2, 0.25) is 0 Å². The molecule has 8 nitrogen and oxygen atoms in total. The van der Waals surface area contributed by atoms with Gasteiger partial charge in [0.25, 0.3) is 0 Å². The Hall–Kier alpha value is -2.48. The number of aryl methyl sites for hydroxylation is 1. The van der Waals surface area contributed by atoms with E-state index in [0.29, 0.717) is 30.1 Å². The Bertz CT molecular complexity index is 820. The molecule has 25 heavy (non-hydrogen) atoms. The number of fused-ring (bicyclic) bond motifs is 1. The van der Waals surface area contributed by atoms with Crippen LogP contribution in [0.5, 0.6) is 0 Å². The highest BCUT2D eigenvalue weighted by Crippen LogP contribution is 2.23. The van der Waals surface area contributed by atoms with Crippen molar-refractivity contribution >= 4 is 0 Å². The van der Waals surface area contributed by atoms with Crippen molar-refractivity contribution in [3.05, 3.63) is 36.1 Å². The Balaban J connectivity index is 1.31. The molecule has 0 aliphatic carbocycles. The van der Waals surface area contributed by atoms with E-state index in [1.807, 2.05) is 6.07 Å². The average molecular weight is 342 g/mol. The molecule has 132 valence electrons. The second kappa shape index (κ2) is 6.79. The van der Waals surface area contributed by atoms with E-state index in [9.17, 15) is 0 Å². The molecule has 1 N–H and O–H groups in total. The largest absolute Gasteiger partial charge is 0.472 e. The number of furan rings is 1. The van der Waals surface area contributed by atoms with Gasteiger partial charge in [-0.15, -0.1) is 10.2 Å². The zero-order valence-electron chi connectivity index (χ0n) is 14.5. The average Bonchev–Trinajstić information content (AvgIpc) is 3.34. The fourth-order valence-electron chi connectivity index (χ4n) is 3.23. The van der Waals surface area contributed by atoms with E-state index in [4.69, 9.17) is 8.94 Å². The van der Waals surface area contributed by atoms with Gasteiger partial charge in [0.1, 0.15) is 17.9 Å². The van der Waals surface area contributed by atoms with Crippen molar-refractivity contribution in [2.24, 2.45) is 5.92 Å². The van der Waals surface area contributed by atoms with Crippen LogP contribution < -0.4 is 5.32 Å². The highest BCUT2D eigenvalue weighted by atomic mass is 16.5. The Morgan fingerprint density at radius 1 is 1.36 bits per heavy atom. The van der Waals surface area contributed by atoms with Gasteiger partial charge in [-0.2, -0.15) is 4.98 Å². The summed E-state index contributed by atoms with van der Waals surface area (Å²) < 4.78 is 12.6. The van der Waals surface area contributed by atoms with Gasteiger partial charge in [-0.1, -0.05) is 19.0 Å². The first-order chi connectivity index (χ1) is 12.2. The van der Waals surface area contributed by atoms with Crippen LogP contribution in [0.3, 0.4) is 0 Å². The molecule has 0 saturated heterocycles. The highest BCUT2D eigenvalue weighted by Gasteiger charge is 2.23. The molecule has 3 aromatic heterocycles. The van der Waals surface area contributed by atoms with Gasteiger partial charge in [0.2, 0.25) is 11.7 Å². The molecule has 4 heterocycles. The lowest BCUT2D eigenvalue weighted by Gasteiger charge is -2.25. The summed E-state index contributed by atoms with van der Waals surface area (Å²) in [6.45, 7) is 6.75. The van der Waals surface area contributed by atoms with E-state index in [2.05, 4.69) is 44.1 Å². The second-order valence-corrected chi connectivity index (χ2v) is 6.80. The molecule has 1 atom stereocenters. The summed E-state index contributed by atoms with van der Waals surface area (Å²) in [6, 6.07) is 1.81. The SMILES string of the molecule is CC(C)c1nnc2n1CC(CNCc1nc(-c3ccoc3)no1)CC2. The van der Waals surface area contributed by atoms with E-state index >= 15 is 0 Å². The van der Waals surface area contributed by atoms with Crippen LogP contribution in [-0.4, -0.2) is 31.4 Å². The maximum Gasteiger partial charge on any atom is 0.240 e. The van der Waals surface area contributed by atoms with Crippen LogP contribution in [-0.2, 0) is 19.5 Å². The molecule has 1 unspecified atom stereocenters. The Kier molecular flexibility index (Phi) is 4.35.